The Labute approximate surface area is 122 Å². The third kappa shape index (κ3) is 4.18. The molecule has 1 fully saturated rings. The number of nitrogens with two attached hydrogens (primary N) is 1. The van der Waals surface area contributed by atoms with Crippen LogP contribution in [0.2, 0.25) is 0 Å². The Morgan fingerprint density at radius 1 is 1.15 bits per heavy atom. The normalized spacial score (nSPS) is 14.9. The van der Waals surface area contributed by atoms with E-state index in [-0.39, 0.29) is 30.0 Å². The highest BCUT2D eigenvalue weighted by Gasteiger charge is 2.45. The van der Waals surface area contributed by atoms with Crippen LogP contribution in [0.1, 0.15) is 23.2 Å². The summed E-state index contributed by atoms with van der Waals surface area (Å²) in [6, 6.07) is 5.26. The highest BCUT2D eigenvalue weighted by atomic mass is 35.5. The average Bonchev–Trinajstić information content (AvgIpc) is 3.14. The van der Waals surface area contributed by atoms with E-state index in [1.54, 1.807) is 0 Å². The van der Waals surface area contributed by atoms with Crippen LogP contribution in [0.5, 0.6) is 0 Å². The molecule has 5 nitrogen and oxygen atoms in total. The van der Waals surface area contributed by atoms with Gasteiger partial charge in [-0.25, -0.2) is 4.39 Å². The number of hydrogen-bond acceptors (Lipinski definition) is 3. The van der Waals surface area contributed by atoms with Gasteiger partial charge in [0.15, 0.2) is 0 Å². The van der Waals surface area contributed by atoms with Gasteiger partial charge in [-0.05, 0) is 37.1 Å². The number of rotatable bonds is 5. The van der Waals surface area contributed by atoms with Gasteiger partial charge in [-0.3, -0.25) is 9.59 Å². The van der Waals surface area contributed by atoms with Gasteiger partial charge in [0, 0.05) is 18.7 Å². The first-order valence-corrected chi connectivity index (χ1v) is 6.12. The van der Waals surface area contributed by atoms with E-state index in [1.165, 1.54) is 24.3 Å². The molecule has 20 heavy (non-hydrogen) atoms. The van der Waals surface area contributed by atoms with Crippen molar-refractivity contribution in [3.63, 3.8) is 0 Å². The van der Waals surface area contributed by atoms with Crippen LogP contribution in [0.4, 0.5) is 4.39 Å². The quantitative estimate of drug-likeness (QED) is 0.696. The summed E-state index contributed by atoms with van der Waals surface area (Å²) in [6.07, 6.45) is 1.42. The van der Waals surface area contributed by atoms with Crippen molar-refractivity contribution in [2.45, 2.75) is 18.4 Å². The lowest BCUT2D eigenvalue weighted by molar-refractivity contribution is -0.123. The minimum absolute atomic E-state index is 0. The first-order chi connectivity index (χ1) is 9.01. The fraction of sp³-hybridized carbons (Fsp3) is 0.385. The molecule has 1 saturated carbocycles. The molecule has 0 atom stereocenters. The second kappa shape index (κ2) is 6.67. The highest BCUT2D eigenvalue weighted by molar-refractivity contribution is 5.94. The Morgan fingerprint density at radius 2 is 1.70 bits per heavy atom. The minimum Gasteiger partial charge on any atom is -0.353 e. The lowest BCUT2D eigenvalue weighted by atomic mass is 10.2. The Morgan fingerprint density at radius 3 is 2.25 bits per heavy atom. The largest absolute Gasteiger partial charge is 0.353 e. The molecular weight excluding hydrogens is 285 g/mol. The average molecular weight is 302 g/mol. The van der Waals surface area contributed by atoms with Crippen LogP contribution in [-0.2, 0) is 4.79 Å². The number of hydrogen-bond donors (Lipinski definition) is 3. The van der Waals surface area contributed by atoms with Crippen LogP contribution in [-0.4, -0.2) is 30.4 Å². The van der Waals surface area contributed by atoms with Gasteiger partial charge in [-0.15, -0.1) is 12.4 Å². The summed E-state index contributed by atoms with van der Waals surface area (Å²) < 4.78 is 12.7. The molecule has 1 aliphatic rings. The van der Waals surface area contributed by atoms with Crippen molar-refractivity contribution in [1.82, 2.24) is 10.6 Å². The van der Waals surface area contributed by atoms with Gasteiger partial charge < -0.3 is 16.4 Å². The third-order valence-corrected chi connectivity index (χ3v) is 3.04. The smallest absolute Gasteiger partial charge is 0.251 e. The summed E-state index contributed by atoms with van der Waals surface area (Å²) >= 11 is 0. The van der Waals surface area contributed by atoms with Gasteiger partial charge in [0.05, 0.1) is 5.54 Å². The maximum atomic E-state index is 12.7. The predicted molar refractivity (Wildman–Crippen MR) is 75.1 cm³/mol. The molecule has 0 unspecified atom stereocenters. The molecule has 110 valence electrons. The molecule has 0 radical (unpaired) electrons. The zero-order valence-electron chi connectivity index (χ0n) is 10.8. The Kier molecular flexibility index (Phi) is 5.47. The Balaban J connectivity index is 0.00000200. The molecule has 4 N–H and O–H groups in total. The lowest BCUT2D eigenvalue weighted by Crippen LogP contribution is -2.45. The van der Waals surface area contributed by atoms with Crippen LogP contribution in [0.3, 0.4) is 0 Å². The van der Waals surface area contributed by atoms with Gasteiger partial charge in [-0.1, -0.05) is 0 Å². The molecule has 0 heterocycles. The van der Waals surface area contributed by atoms with E-state index in [2.05, 4.69) is 10.6 Å². The van der Waals surface area contributed by atoms with Gasteiger partial charge in [0.25, 0.3) is 5.91 Å². The van der Waals surface area contributed by atoms with Gasteiger partial charge in [-0.2, -0.15) is 0 Å². The second-order valence-corrected chi connectivity index (χ2v) is 4.67. The van der Waals surface area contributed by atoms with Crippen molar-refractivity contribution in [3.05, 3.63) is 35.6 Å². The fourth-order valence-corrected chi connectivity index (χ4v) is 1.59. The number of amides is 2. The summed E-state index contributed by atoms with van der Waals surface area (Å²) in [5.74, 6) is -0.867. The van der Waals surface area contributed by atoms with Crippen molar-refractivity contribution in [1.29, 1.82) is 0 Å². The minimum atomic E-state index is -0.693. The van der Waals surface area contributed by atoms with Crippen molar-refractivity contribution >= 4 is 24.2 Å². The molecule has 0 aliphatic heterocycles. The van der Waals surface area contributed by atoms with E-state index in [0.717, 1.165) is 0 Å². The van der Waals surface area contributed by atoms with Crippen LogP contribution in [0, 0.1) is 5.82 Å². The molecule has 1 aromatic carbocycles. The highest BCUT2D eigenvalue weighted by Crippen LogP contribution is 2.31. The van der Waals surface area contributed by atoms with E-state index in [1.807, 2.05) is 0 Å². The van der Waals surface area contributed by atoms with Crippen molar-refractivity contribution in [3.8, 4) is 0 Å². The van der Waals surface area contributed by atoms with Gasteiger partial charge in [0.2, 0.25) is 5.91 Å². The maximum absolute atomic E-state index is 12.7. The van der Waals surface area contributed by atoms with Crippen LogP contribution in [0.25, 0.3) is 0 Å². The fourth-order valence-electron chi connectivity index (χ4n) is 1.59. The molecule has 0 bridgehead atoms. The maximum Gasteiger partial charge on any atom is 0.251 e. The molecule has 2 rings (SSSR count). The van der Waals surface area contributed by atoms with Crippen LogP contribution in [0.15, 0.2) is 24.3 Å². The van der Waals surface area contributed by atoms with Crippen molar-refractivity contribution in [2.24, 2.45) is 5.73 Å². The van der Waals surface area contributed by atoms with Crippen LogP contribution < -0.4 is 16.4 Å². The van der Waals surface area contributed by atoms with Crippen molar-refractivity contribution in [2.75, 3.05) is 13.1 Å². The molecule has 0 aromatic heterocycles. The molecule has 2 amide bonds. The molecular formula is C13H17ClFN3O2. The third-order valence-electron chi connectivity index (χ3n) is 3.04. The predicted octanol–water partition coefficient (Wildman–Crippen LogP) is 0.585. The molecule has 1 aromatic rings. The standard InChI is InChI=1S/C13H16FN3O2.ClH/c14-10-3-1-9(2-4-10)11(18)16-7-8-17-12(19)13(15)5-6-13;/h1-4H,5-8,15H2,(H,16,18)(H,17,19);1H. The SMILES string of the molecule is Cl.NC1(C(=O)NCCNC(=O)c2ccc(F)cc2)CC1. The summed E-state index contributed by atoms with van der Waals surface area (Å²) in [7, 11) is 0. The topological polar surface area (TPSA) is 84.2 Å². The molecule has 7 heteroatoms. The molecule has 1 aliphatic carbocycles. The first-order valence-electron chi connectivity index (χ1n) is 6.12. The number of carbonyl (C=O) groups is 2. The van der Waals surface area contributed by atoms with E-state index in [0.29, 0.717) is 31.5 Å². The number of carbonyl (C=O) groups excluding carboxylic acids is 2. The Hall–Kier alpha value is -1.66. The Bertz CT molecular complexity index is 489. The second-order valence-electron chi connectivity index (χ2n) is 4.67. The summed E-state index contributed by atoms with van der Waals surface area (Å²) in [4.78, 5) is 23.1. The zero-order chi connectivity index (χ0) is 13.9. The number of benzene rings is 1. The molecule has 0 spiro atoms. The summed E-state index contributed by atoms with van der Waals surface area (Å²) in [5, 5.41) is 5.29. The van der Waals surface area contributed by atoms with E-state index in [9.17, 15) is 14.0 Å². The van der Waals surface area contributed by atoms with E-state index in [4.69, 9.17) is 5.73 Å². The zero-order valence-corrected chi connectivity index (χ0v) is 11.6. The monoisotopic (exact) mass is 301 g/mol. The van der Waals surface area contributed by atoms with E-state index < -0.39 is 5.54 Å². The van der Waals surface area contributed by atoms with Crippen molar-refractivity contribution < 1.29 is 14.0 Å². The number of nitrogens with one attached hydrogen (secondary N) is 2. The van der Waals surface area contributed by atoms with Gasteiger partial charge >= 0.3 is 0 Å². The van der Waals surface area contributed by atoms with Gasteiger partial charge in [0.1, 0.15) is 5.82 Å². The first kappa shape index (κ1) is 16.4. The number of halogens is 2. The summed E-state index contributed by atoms with van der Waals surface area (Å²) in [5.41, 5.74) is 5.39. The summed E-state index contributed by atoms with van der Waals surface area (Å²) in [6.45, 7) is 0.628. The molecule has 0 saturated heterocycles. The van der Waals surface area contributed by atoms with E-state index >= 15 is 0 Å². The lowest BCUT2D eigenvalue weighted by Gasteiger charge is -2.10. The van der Waals surface area contributed by atoms with Crippen LogP contribution >= 0.6 is 12.4 Å².